The van der Waals surface area contributed by atoms with E-state index in [1.807, 2.05) is 6.07 Å². The van der Waals surface area contributed by atoms with Gasteiger partial charge in [-0.1, -0.05) is 12.1 Å². The van der Waals surface area contributed by atoms with Gasteiger partial charge in [-0.3, -0.25) is 4.79 Å². The molecule has 34 heavy (non-hydrogen) atoms. The van der Waals surface area contributed by atoms with E-state index >= 15 is 0 Å². The molecule has 0 spiro atoms. The van der Waals surface area contributed by atoms with Crippen LogP contribution in [-0.4, -0.2) is 33.0 Å². The maximum Gasteiger partial charge on any atom is 0.251 e. The fourth-order valence-electron chi connectivity index (χ4n) is 4.88. The van der Waals surface area contributed by atoms with Crippen molar-refractivity contribution in [3.8, 4) is 28.7 Å². The van der Waals surface area contributed by atoms with Gasteiger partial charge in [-0.2, -0.15) is 5.26 Å². The summed E-state index contributed by atoms with van der Waals surface area (Å²) in [5.41, 5.74) is 2.19. The van der Waals surface area contributed by atoms with Crippen molar-refractivity contribution in [2.24, 2.45) is 0 Å². The molecule has 2 aromatic carbocycles. The number of piperidine rings is 1. The molecular formula is C27H29N5O2. The highest BCUT2D eigenvalue weighted by atomic mass is 16.5. The number of rotatable bonds is 5. The van der Waals surface area contributed by atoms with Crippen molar-refractivity contribution in [1.29, 1.82) is 5.26 Å². The molecule has 0 atom stereocenters. The van der Waals surface area contributed by atoms with Gasteiger partial charge in [0.2, 0.25) is 0 Å². The quantitative estimate of drug-likeness (QED) is 0.571. The first-order chi connectivity index (χ1) is 16.2. The lowest BCUT2D eigenvalue weighted by molar-refractivity contribution is 0.0873. The number of benzene rings is 2. The third-order valence-corrected chi connectivity index (χ3v) is 5.87. The monoisotopic (exact) mass is 455 g/mol. The van der Waals surface area contributed by atoms with Gasteiger partial charge in [0.15, 0.2) is 0 Å². The van der Waals surface area contributed by atoms with Crippen LogP contribution in [0.5, 0.6) is 11.5 Å². The van der Waals surface area contributed by atoms with Crippen LogP contribution in [0, 0.1) is 11.3 Å². The van der Waals surface area contributed by atoms with Gasteiger partial charge in [0.05, 0.1) is 5.56 Å². The summed E-state index contributed by atoms with van der Waals surface area (Å²) in [6.07, 6.45) is 6.48. The summed E-state index contributed by atoms with van der Waals surface area (Å²) >= 11 is 0. The van der Waals surface area contributed by atoms with Crippen molar-refractivity contribution in [2.75, 3.05) is 0 Å². The topological polar surface area (TPSA) is 99.9 Å². The smallest absolute Gasteiger partial charge is 0.251 e. The number of amides is 1. The molecule has 3 aromatic rings. The van der Waals surface area contributed by atoms with E-state index in [4.69, 9.17) is 4.74 Å². The van der Waals surface area contributed by atoms with E-state index in [1.165, 1.54) is 6.33 Å². The van der Waals surface area contributed by atoms with Crippen LogP contribution < -0.4 is 15.4 Å². The fourth-order valence-corrected chi connectivity index (χ4v) is 4.88. The lowest BCUT2D eigenvalue weighted by Gasteiger charge is -2.46. The molecule has 1 amide bonds. The minimum Gasteiger partial charge on any atom is -0.455 e. The van der Waals surface area contributed by atoms with Crippen molar-refractivity contribution >= 4 is 5.91 Å². The number of aromatic nitrogens is 2. The zero-order valence-corrected chi connectivity index (χ0v) is 19.9. The molecule has 1 saturated heterocycles. The van der Waals surface area contributed by atoms with Crippen LogP contribution in [0.15, 0.2) is 61.2 Å². The number of hydrogen-bond donors (Lipinski definition) is 2. The summed E-state index contributed by atoms with van der Waals surface area (Å²) in [5, 5.41) is 16.3. The Hall–Kier alpha value is -3.76. The Morgan fingerprint density at radius 1 is 1.06 bits per heavy atom. The number of nitrogens with zero attached hydrogens (tertiary/aromatic N) is 3. The fraction of sp³-hybridized carbons (Fsp3) is 0.333. The highest BCUT2D eigenvalue weighted by molar-refractivity contribution is 5.96. The van der Waals surface area contributed by atoms with Crippen molar-refractivity contribution < 1.29 is 9.53 Å². The van der Waals surface area contributed by atoms with Crippen LogP contribution in [0.25, 0.3) is 11.1 Å². The van der Waals surface area contributed by atoms with Gasteiger partial charge in [-0.15, -0.1) is 0 Å². The second-order valence-corrected chi connectivity index (χ2v) is 10.0. The molecular weight excluding hydrogens is 426 g/mol. The Labute approximate surface area is 200 Å². The van der Waals surface area contributed by atoms with Crippen molar-refractivity contribution in [3.63, 3.8) is 0 Å². The number of carbonyl (C=O) groups excluding carboxylic acids is 1. The van der Waals surface area contributed by atoms with Crippen LogP contribution in [0.2, 0.25) is 0 Å². The lowest BCUT2D eigenvalue weighted by Crippen LogP contribution is -2.62. The summed E-state index contributed by atoms with van der Waals surface area (Å²) in [4.78, 5) is 21.5. The van der Waals surface area contributed by atoms with Gasteiger partial charge in [-0.05, 0) is 70.9 Å². The molecule has 174 valence electrons. The molecule has 7 heteroatoms. The van der Waals surface area contributed by atoms with Crippen molar-refractivity contribution in [3.05, 3.63) is 72.3 Å². The number of carbonyl (C=O) groups is 1. The van der Waals surface area contributed by atoms with Gasteiger partial charge >= 0.3 is 0 Å². The minimum absolute atomic E-state index is 0.0562. The van der Waals surface area contributed by atoms with Gasteiger partial charge < -0.3 is 15.4 Å². The number of hydrogen-bond acceptors (Lipinski definition) is 6. The minimum atomic E-state index is -0.138. The van der Waals surface area contributed by atoms with Gasteiger partial charge in [0, 0.05) is 46.2 Å². The van der Waals surface area contributed by atoms with Crippen LogP contribution in [0.1, 0.15) is 56.5 Å². The summed E-state index contributed by atoms with van der Waals surface area (Å²) in [5.74, 6) is 0.818. The molecule has 1 aromatic heterocycles. The average Bonchev–Trinajstić information content (AvgIpc) is 2.78. The van der Waals surface area contributed by atoms with Crippen molar-refractivity contribution in [1.82, 2.24) is 20.6 Å². The molecule has 1 aliphatic rings. The number of ether oxygens (including phenoxy) is 1. The predicted molar refractivity (Wildman–Crippen MR) is 130 cm³/mol. The molecule has 0 aliphatic carbocycles. The number of nitriles is 1. The number of para-hydroxylation sites is 1. The summed E-state index contributed by atoms with van der Waals surface area (Å²) in [6, 6.07) is 14.5. The highest BCUT2D eigenvalue weighted by Gasteiger charge is 2.38. The van der Waals surface area contributed by atoms with E-state index < -0.39 is 0 Å². The second-order valence-electron chi connectivity index (χ2n) is 10.0. The molecule has 4 rings (SSSR count). The zero-order chi connectivity index (χ0) is 24.3. The van der Waals surface area contributed by atoms with Crippen LogP contribution >= 0.6 is 0 Å². The molecule has 2 N–H and O–H groups in total. The van der Waals surface area contributed by atoms with Crippen LogP contribution in [0.4, 0.5) is 0 Å². The molecule has 0 bridgehead atoms. The molecule has 0 radical (unpaired) electrons. The summed E-state index contributed by atoms with van der Waals surface area (Å²) in [7, 11) is 0. The Kier molecular flexibility index (Phi) is 6.36. The van der Waals surface area contributed by atoms with E-state index in [1.54, 1.807) is 48.8 Å². The molecule has 1 fully saturated rings. The van der Waals surface area contributed by atoms with E-state index in [-0.39, 0.29) is 23.0 Å². The predicted octanol–water partition coefficient (Wildman–Crippen LogP) is 4.85. The zero-order valence-electron chi connectivity index (χ0n) is 19.9. The first-order valence-electron chi connectivity index (χ1n) is 11.3. The SMILES string of the molecule is CC1(C)CC(NC(=O)c2ccc(Oc3ccccc3C#N)c(-c3cncnc3)c2)CC(C)(C)N1. The molecule has 2 heterocycles. The Bertz CT molecular complexity index is 1220. The van der Waals surface area contributed by atoms with Gasteiger partial charge in [-0.25, -0.2) is 9.97 Å². The normalized spacial score (nSPS) is 16.9. The van der Waals surface area contributed by atoms with Gasteiger partial charge in [0.25, 0.3) is 5.91 Å². The van der Waals surface area contributed by atoms with Crippen LogP contribution in [-0.2, 0) is 0 Å². The number of nitrogens with one attached hydrogen (secondary N) is 2. The Morgan fingerprint density at radius 2 is 1.74 bits per heavy atom. The van der Waals surface area contributed by atoms with E-state index in [0.29, 0.717) is 33.8 Å². The third kappa shape index (κ3) is 5.41. The van der Waals surface area contributed by atoms with Crippen molar-refractivity contribution in [2.45, 2.75) is 57.7 Å². The van der Waals surface area contributed by atoms with Crippen LogP contribution in [0.3, 0.4) is 0 Å². The molecule has 0 saturated carbocycles. The average molecular weight is 456 g/mol. The molecule has 7 nitrogen and oxygen atoms in total. The largest absolute Gasteiger partial charge is 0.455 e. The maximum atomic E-state index is 13.2. The summed E-state index contributed by atoms with van der Waals surface area (Å²) in [6.45, 7) is 8.63. The van der Waals surface area contributed by atoms with Gasteiger partial charge in [0.1, 0.15) is 23.9 Å². The maximum absolute atomic E-state index is 13.2. The first-order valence-corrected chi connectivity index (χ1v) is 11.3. The van der Waals surface area contributed by atoms with E-state index in [9.17, 15) is 10.1 Å². The Balaban J connectivity index is 1.64. The Morgan fingerprint density at radius 3 is 2.41 bits per heavy atom. The highest BCUT2D eigenvalue weighted by Crippen LogP contribution is 2.35. The lowest BCUT2D eigenvalue weighted by atomic mass is 9.79. The first kappa shape index (κ1) is 23.4. The molecule has 1 aliphatic heterocycles. The summed E-state index contributed by atoms with van der Waals surface area (Å²) < 4.78 is 6.11. The van der Waals surface area contributed by atoms with E-state index in [2.05, 4.69) is 54.4 Å². The third-order valence-electron chi connectivity index (χ3n) is 5.87. The standard InChI is InChI=1S/C27H29N5O2/c1-26(2)12-21(13-27(3,4)32-26)31-25(33)18-9-10-24(22(11-18)20-15-29-17-30-16-20)34-23-8-6-5-7-19(23)14-28/h5-11,15-17,21,32H,12-13H2,1-4H3,(H,31,33). The molecule has 0 unspecified atom stereocenters. The second kappa shape index (κ2) is 9.24. The van der Waals surface area contributed by atoms with E-state index in [0.717, 1.165) is 12.8 Å².